The summed E-state index contributed by atoms with van der Waals surface area (Å²) >= 11 is 0. The van der Waals surface area contributed by atoms with Gasteiger partial charge in [0.15, 0.2) is 5.82 Å². The summed E-state index contributed by atoms with van der Waals surface area (Å²) in [4.78, 5) is 0. The standard InChI is InChI=1S/C10H19N5/c11-7-8-15-10(12-13-14-15)9-5-3-1-2-4-6-9/h9H,1-8,11H2. The van der Waals surface area contributed by atoms with Crippen LogP contribution in [-0.4, -0.2) is 26.8 Å². The van der Waals surface area contributed by atoms with E-state index in [0.29, 0.717) is 12.5 Å². The molecule has 2 rings (SSSR count). The second kappa shape index (κ2) is 5.21. The third kappa shape index (κ3) is 2.53. The number of hydrogen-bond acceptors (Lipinski definition) is 4. The average molecular weight is 209 g/mol. The van der Waals surface area contributed by atoms with Gasteiger partial charge in [0.2, 0.25) is 0 Å². The van der Waals surface area contributed by atoms with Crippen LogP contribution in [0.15, 0.2) is 0 Å². The molecule has 1 heterocycles. The van der Waals surface area contributed by atoms with Crippen molar-refractivity contribution < 1.29 is 0 Å². The molecule has 0 bridgehead atoms. The van der Waals surface area contributed by atoms with Crippen LogP contribution < -0.4 is 5.73 Å². The topological polar surface area (TPSA) is 69.6 Å². The van der Waals surface area contributed by atoms with Crippen molar-refractivity contribution in [1.82, 2.24) is 20.2 Å². The largest absolute Gasteiger partial charge is 0.329 e. The van der Waals surface area contributed by atoms with Gasteiger partial charge in [0.25, 0.3) is 0 Å². The number of nitrogens with zero attached hydrogens (tertiary/aromatic N) is 4. The molecule has 1 aromatic rings. The minimum atomic E-state index is 0.550. The molecule has 0 atom stereocenters. The van der Waals surface area contributed by atoms with E-state index in [1.807, 2.05) is 4.68 Å². The molecule has 84 valence electrons. The fourth-order valence-corrected chi connectivity index (χ4v) is 2.32. The van der Waals surface area contributed by atoms with Gasteiger partial charge in [0, 0.05) is 12.5 Å². The Kier molecular flexibility index (Phi) is 3.66. The van der Waals surface area contributed by atoms with Gasteiger partial charge in [-0.15, -0.1) is 5.10 Å². The number of aromatic nitrogens is 4. The van der Waals surface area contributed by atoms with Crippen molar-refractivity contribution in [1.29, 1.82) is 0 Å². The number of nitrogens with two attached hydrogens (primary N) is 1. The summed E-state index contributed by atoms with van der Waals surface area (Å²) in [5.41, 5.74) is 5.53. The predicted octanol–water partition coefficient (Wildman–Crippen LogP) is 1.07. The molecule has 0 unspecified atom stereocenters. The maximum atomic E-state index is 5.53. The summed E-state index contributed by atoms with van der Waals surface area (Å²) in [6.45, 7) is 1.34. The van der Waals surface area contributed by atoms with Crippen molar-refractivity contribution >= 4 is 0 Å². The lowest BCUT2D eigenvalue weighted by Crippen LogP contribution is -2.16. The molecule has 5 nitrogen and oxygen atoms in total. The quantitative estimate of drug-likeness (QED) is 0.756. The molecule has 1 aliphatic carbocycles. The van der Waals surface area contributed by atoms with Crippen molar-refractivity contribution in [3.8, 4) is 0 Å². The lowest BCUT2D eigenvalue weighted by molar-refractivity contribution is 0.496. The summed E-state index contributed by atoms with van der Waals surface area (Å²) < 4.78 is 1.87. The van der Waals surface area contributed by atoms with E-state index in [1.165, 1.54) is 38.5 Å². The Hall–Kier alpha value is -0.970. The molecule has 2 N–H and O–H groups in total. The normalized spacial score (nSPS) is 19.0. The summed E-state index contributed by atoms with van der Waals surface area (Å²) in [7, 11) is 0. The molecule has 1 fully saturated rings. The number of hydrogen-bond donors (Lipinski definition) is 1. The smallest absolute Gasteiger partial charge is 0.154 e. The van der Waals surface area contributed by atoms with Crippen molar-refractivity contribution in [2.45, 2.75) is 51.0 Å². The molecule has 1 aliphatic rings. The zero-order chi connectivity index (χ0) is 10.5. The molecular formula is C10H19N5. The van der Waals surface area contributed by atoms with Crippen molar-refractivity contribution in [3.63, 3.8) is 0 Å². The van der Waals surface area contributed by atoms with Crippen LogP contribution in [0.5, 0.6) is 0 Å². The Morgan fingerprint density at radius 1 is 1.20 bits per heavy atom. The van der Waals surface area contributed by atoms with E-state index in [4.69, 9.17) is 5.73 Å². The lowest BCUT2D eigenvalue weighted by atomic mass is 10.00. The summed E-state index contributed by atoms with van der Waals surface area (Å²) in [5, 5.41) is 11.9. The Bertz CT molecular complexity index is 288. The highest BCUT2D eigenvalue weighted by atomic mass is 15.5. The van der Waals surface area contributed by atoms with Crippen LogP contribution in [0, 0.1) is 0 Å². The maximum Gasteiger partial charge on any atom is 0.154 e. The van der Waals surface area contributed by atoms with E-state index < -0.39 is 0 Å². The summed E-state index contributed by atoms with van der Waals surface area (Å²) in [6.07, 6.45) is 7.78. The summed E-state index contributed by atoms with van der Waals surface area (Å²) in [5.74, 6) is 1.59. The highest BCUT2D eigenvalue weighted by Gasteiger charge is 2.20. The first-order valence-electron chi connectivity index (χ1n) is 5.88. The van der Waals surface area contributed by atoms with Gasteiger partial charge in [-0.25, -0.2) is 4.68 Å². The van der Waals surface area contributed by atoms with Gasteiger partial charge < -0.3 is 5.73 Å². The van der Waals surface area contributed by atoms with E-state index in [0.717, 1.165) is 12.4 Å². The molecule has 0 radical (unpaired) electrons. The molecule has 0 spiro atoms. The van der Waals surface area contributed by atoms with Gasteiger partial charge in [0.05, 0.1) is 6.54 Å². The molecule has 5 heteroatoms. The molecule has 0 aromatic carbocycles. The maximum absolute atomic E-state index is 5.53. The minimum Gasteiger partial charge on any atom is -0.329 e. The SMILES string of the molecule is NCCn1nnnc1C1CCCCCC1. The minimum absolute atomic E-state index is 0.550. The third-order valence-corrected chi connectivity index (χ3v) is 3.12. The highest BCUT2D eigenvalue weighted by Crippen LogP contribution is 2.29. The second-order valence-electron chi connectivity index (χ2n) is 4.24. The molecule has 0 saturated heterocycles. The molecule has 1 aromatic heterocycles. The number of rotatable bonds is 3. The molecular weight excluding hydrogens is 190 g/mol. The van der Waals surface area contributed by atoms with Crippen LogP contribution in [0.3, 0.4) is 0 Å². The van der Waals surface area contributed by atoms with E-state index in [2.05, 4.69) is 15.5 Å². The van der Waals surface area contributed by atoms with Crippen molar-refractivity contribution in [2.75, 3.05) is 6.54 Å². The van der Waals surface area contributed by atoms with Crippen molar-refractivity contribution in [2.24, 2.45) is 5.73 Å². The van der Waals surface area contributed by atoms with E-state index in [-0.39, 0.29) is 0 Å². The Balaban J connectivity index is 2.08. The van der Waals surface area contributed by atoms with Crippen LogP contribution in [-0.2, 0) is 6.54 Å². The first kappa shape index (κ1) is 10.5. The highest BCUT2D eigenvalue weighted by molar-refractivity contribution is 4.94. The van der Waals surface area contributed by atoms with E-state index >= 15 is 0 Å². The molecule has 0 amide bonds. The third-order valence-electron chi connectivity index (χ3n) is 3.12. The number of tetrazole rings is 1. The average Bonchev–Trinajstić information content (AvgIpc) is 2.53. The van der Waals surface area contributed by atoms with Gasteiger partial charge in [-0.2, -0.15) is 0 Å². The van der Waals surface area contributed by atoms with E-state index in [1.54, 1.807) is 0 Å². The Morgan fingerprint density at radius 2 is 1.93 bits per heavy atom. The van der Waals surface area contributed by atoms with Gasteiger partial charge in [-0.3, -0.25) is 0 Å². The first-order valence-corrected chi connectivity index (χ1v) is 5.88. The first-order chi connectivity index (χ1) is 7.42. The molecule has 15 heavy (non-hydrogen) atoms. The Morgan fingerprint density at radius 3 is 2.60 bits per heavy atom. The van der Waals surface area contributed by atoms with Crippen LogP contribution in [0.25, 0.3) is 0 Å². The van der Waals surface area contributed by atoms with Gasteiger partial charge in [-0.1, -0.05) is 25.7 Å². The van der Waals surface area contributed by atoms with Crippen LogP contribution in [0.2, 0.25) is 0 Å². The van der Waals surface area contributed by atoms with Gasteiger partial charge >= 0.3 is 0 Å². The fraction of sp³-hybridized carbons (Fsp3) is 0.900. The zero-order valence-electron chi connectivity index (χ0n) is 9.10. The second-order valence-corrected chi connectivity index (χ2v) is 4.24. The zero-order valence-corrected chi connectivity index (χ0v) is 9.10. The molecule has 1 saturated carbocycles. The lowest BCUT2D eigenvalue weighted by Gasteiger charge is -2.12. The van der Waals surface area contributed by atoms with Crippen LogP contribution in [0.4, 0.5) is 0 Å². The summed E-state index contributed by atoms with van der Waals surface area (Å²) in [6, 6.07) is 0. The van der Waals surface area contributed by atoms with Gasteiger partial charge in [0.1, 0.15) is 0 Å². The van der Waals surface area contributed by atoms with Crippen LogP contribution >= 0.6 is 0 Å². The molecule has 0 aliphatic heterocycles. The monoisotopic (exact) mass is 209 g/mol. The Labute approximate surface area is 90.0 Å². The van der Waals surface area contributed by atoms with Gasteiger partial charge in [-0.05, 0) is 23.3 Å². The van der Waals surface area contributed by atoms with E-state index in [9.17, 15) is 0 Å². The van der Waals surface area contributed by atoms with Crippen LogP contribution in [0.1, 0.15) is 50.3 Å². The predicted molar refractivity (Wildman–Crippen MR) is 57.3 cm³/mol. The van der Waals surface area contributed by atoms with Crippen molar-refractivity contribution in [3.05, 3.63) is 5.82 Å². The fourth-order valence-electron chi connectivity index (χ4n) is 2.32.